The second-order valence-corrected chi connectivity index (χ2v) is 6.94. The Kier molecular flexibility index (Phi) is 4.21. The molecule has 1 fully saturated rings. The summed E-state index contributed by atoms with van der Waals surface area (Å²) in [4.78, 5) is 14.3. The lowest BCUT2D eigenvalue weighted by molar-refractivity contribution is -0.142. The number of fused-ring (bicyclic) bond motifs is 1. The van der Waals surface area contributed by atoms with Crippen LogP contribution in [0.5, 0.6) is 5.75 Å². The molecule has 0 spiro atoms. The maximum atomic E-state index is 12.6. The number of rotatable bonds is 5. The Morgan fingerprint density at radius 1 is 1.44 bits per heavy atom. The van der Waals surface area contributed by atoms with Gasteiger partial charge in [-0.25, -0.2) is 0 Å². The minimum atomic E-state index is -1.16. The smallest absolute Gasteiger partial charge is 0.255 e. The van der Waals surface area contributed by atoms with Gasteiger partial charge >= 0.3 is 0 Å². The molecule has 1 atom stereocenters. The highest BCUT2D eigenvalue weighted by Crippen LogP contribution is 2.42. The number of hydrogen-bond donors (Lipinski definition) is 2. The van der Waals surface area contributed by atoms with Crippen LogP contribution in [0, 0.1) is 6.92 Å². The van der Waals surface area contributed by atoms with Crippen LogP contribution >= 0.6 is 0 Å². The number of aliphatic hydroxyl groups excluding tert-OH is 1. The van der Waals surface area contributed by atoms with Crippen LogP contribution in [0.3, 0.4) is 0 Å². The van der Waals surface area contributed by atoms with Crippen molar-refractivity contribution < 1.29 is 14.6 Å². The third-order valence-corrected chi connectivity index (χ3v) is 5.02. The number of ether oxygens (including phenoxy) is 1. The van der Waals surface area contributed by atoms with Crippen molar-refractivity contribution >= 4 is 5.91 Å². The largest absolute Gasteiger partial charge is 0.490 e. The molecule has 2 N–H and O–H groups in total. The maximum absolute atomic E-state index is 12.6. The van der Waals surface area contributed by atoms with Gasteiger partial charge in [0.2, 0.25) is 0 Å². The molecule has 6 heteroatoms. The number of aryl methyl sites for hydroxylation is 1. The fraction of sp³-hybridized carbons (Fsp3) is 0.474. The number of H-pyrrole nitrogens is 1. The number of aromatic nitrogens is 2. The summed E-state index contributed by atoms with van der Waals surface area (Å²) in [5, 5.41) is 17.8. The summed E-state index contributed by atoms with van der Waals surface area (Å²) in [5.41, 5.74) is 4.38. The normalized spacial score (nSPS) is 17.9. The molecule has 25 heavy (non-hydrogen) atoms. The molecular weight excluding hydrogens is 318 g/mol. The zero-order valence-electron chi connectivity index (χ0n) is 14.4. The van der Waals surface area contributed by atoms with E-state index >= 15 is 0 Å². The fourth-order valence-electron chi connectivity index (χ4n) is 3.37. The van der Waals surface area contributed by atoms with Crippen molar-refractivity contribution in [2.75, 3.05) is 13.2 Å². The van der Waals surface area contributed by atoms with Crippen LogP contribution in [-0.2, 0) is 17.8 Å². The highest BCUT2D eigenvalue weighted by molar-refractivity contribution is 5.81. The summed E-state index contributed by atoms with van der Waals surface area (Å²) in [6.45, 7) is 3.03. The van der Waals surface area contributed by atoms with Crippen LogP contribution in [0.1, 0.15) is 41.3 Å². The van der Waals surface area contributed by atoms with Gasteiger partial charge in [-0.2, -0.15) is 5.10 Å². The lowest BCUT2D eigenvalue weighted by Gasteiger charge is -2.29. The Morgan fingerprint density at radius 3 is 3.00 bits per heavy atom. The summed E-state index contributed by atoms with van der Waals surface area (Å²) >= 11 is 0. The molecule has 0 unspecified atom stereocenters. The zero-order valence-corrected chi connectivity index (χ0v) is 14.4. The Morgan fingerprint density at radius 2 is 2.24 bits per heavy atom. The third kappa shape index (κ3) is 3.26. The van der Waals surface area contributed by atoms with E-state index in [-0.39, 0.29) is 12.5 Å². The van der Waals surface area contributed by atoms with Crippen LogP contribution in [0.2, 0.25) is 0 Å². The van der Waals surface area contributed by atoms with E-state index in [9.17, 15) is 9.90 Å². The van der Waals surface area contributed by atoms with E-state index in [4.69, 9.17) is 4.74 Å². The van der Waals surface area contributed by atoms with Crippen molar-refractivity contribution in [2.24, 2.45) is 0 Å². The average molecular weight is 341 g/mol. The van der Waals surface area contributed by atoms with Gasteiger partial charge in [-0.3, -0.25) is 9.89 Å². The number of nitrogens with one attached hydrogen (secondary N) is 1. The van der Waals surface area contributed by atoms with Crippen molar-refractivity contribution in [1.29, 1.82) is 0 Å². The van der Waals surface area contributed by atoms with Crippen LogP contribution < -0.4 is 4.74 Å². The van der Waals surface area contributed by atoms with Crippen LogP contribution in [0.15, 0.2) is 24.3 Å². The Labute approximate surface area is 146 Å². The van der Waals surface area contributed by atoms with E-state index in [1.54, 1.807) is 4.90 Å². The second-order valence-electron chi connectivity index (χ2n) is 6.94. The predicted octanol–water partition coefficient (Wildman–Crippen LogP) is 1.92. The molecule has 1 amide bonds. The first kappa shape index (κ1) is 16.1. The third-order valence-electron chi connectivity index (χ3n) is 5.02. The number of aliphatic hydroxyl groups is 1. The van der Waals surface area contributed by atoms with E-state index in [1.807, 2.05) is 31.2 Å². The molecule has 1 aliphatic carbocycles. The highest BCUT2D eigenvalue weighted by Gasteiger charge is 2.34. The molecule has 0 saturated heterocycles. The standard InChI is InChI=1S/C19H23N3O3/c1-12-4-2-3-5-17(12)25-11-16(23)19(24)22-9-8-15-14(10-22)18(21-20-15)13-6-7-13/h2-5,13,16,23H,6-11H2,1H3,(H,20,21)/t16-/m1/s1. The molecule has 1 saturated carbocycles. The maximum Gasteiger partial charge on any atom is 0.255 e. The van der Waals surface area contributed by atoms with Gasteiger partial charge in [-0.15, -0.1) is 0 Å². The molecule has 1 aromatic carbocycles. The molecule has 1 aliphatic heterocycles. The topological polar surface area (TPSA) is 78.5 Å². The number of aromatic amines is 1. The summed E-state index contributed by atoms with van der Waals surface area (Å²) in [5.74, 6) is 0.965. The van der Waals surface area contributed by atoms with Gasteiger partial charge in [0.05, 0.1) is 5.69 Å². The first-order chi connectivity index (χ1) is 12.1. The quantitative estimate of drug-likeness (QED) is 0.871. The minimum absolute atomic E-state index is 0.0338. The van der Waals surface area contributed by atoms with E-state index in [2.05, 4.69) is 10.2 Å². The number of para-hydroxylation sites is 1. The van der Waals surface area contributed by atoms with Crippen molar-refractivity contribution in [2.45, 2.75) is 44.8 Å². The first-order valence-electron chi connectivity index (χ1n) is 8.84. The van der Waals surface area contributed by atoms with E-state index in [1.165, 1.54) is 12.8 Å². The van der Waals surface area contributed by atoms with Gasteiger partial charge < -0.3 is 14.7 Å². The second kappa shape index (κ2) is 6.52. The molecule has 6 nitrogen and oxygen atoms in total. The predicted molar refractivity (Wildman–Crippen MR) is 92.4 cm³/mol. The molecule has 4 rings (SSSR count). The molecule has 132 valence electrons. The SMILES string of the molecule is Cc1ccccc1OC[C@@H](O)C(=O)N1CCc2[nH]nc(C3CC3)c2C1. The van der Waals surface area contributed by atoms with Gasteiger partial charge in [-0.1, -0.05) is 18.2 Å². The Balaban J connectivity index is 1.39. The monoisotopic (exact) mass is 341 g/mol. The van der Waals surface area contributed by atoms with Crippen LogP contribution in [0.25, 0.3) is 0 Å². The van der Waals surface area contributed by atoms with Crippen molar-refractivity contribution in [3.05, 3.63) is 46.8 Å². The number of nitrogens with zero attached hydrogens (tertiary/aromatic N) is 2. The first-order valence-corrected chi connectivity index (χ1v) is 8.84. The summed E-state index contributed by atoms with van der Waals surface area (Å²) in [7, 11) is 0. The lowest BCUT2D eigenvalue weighted by Crippen LogP contribution is -2.44. The van der Waals surface area contributed by atoms with Gasteiger partial charge in [0, 0.05) is 36.7 Å². The number of carbonyl (C=O) groups is 1. The number of amides is 1. The summed E-state index contributed by atoms with van der Waals surface area (Å²) in [6, 6.07) is 7.58. The Bertz CT molecular complexity index is 782. The molecule has 1 aromatic heterocycles. The molecule has 2 aliphatic rings. The van der Waals surface area contributed by atoms with Crippen molar-refractivity contribution in [3.8, 4) is 5.75 Å². The highest BCUT2D eigenvalue weighted by atomic mass is 16.5. The van der Waals surface area contributed by atoms with E-state index < -0.39 is 6.10 Å². The lowest BCUT2D eigenvalue weighted by atomic mass is 10.0. The molecule has 0 bridgehead atoms. The molecular formula is C19H23N3O3. The van der Waals surface area contributed by atoms with Gasteiger partial charge in [0.25, 0.3) is 5.91 Å². The number of carbonyl (C=O) groups excluding carboxylic acids is 1. The van der Waals surface area contributed by atoms with Crippen LogP contribution in [-0.4, -0.2) is 45.4 Å². The van der Waals surface area contributed by atoms with Crippen LogP contribution in [0.4, 0.5) is 0 Å². The average Bonchev–Trinajstić information content (AvgIpc) is 3.39. The van der Waals surface area contributed by atoms with Gasteiger partial charge in [-0.05, 0) is 31.4 Å². The van der Waals surface area contributed by atoms with Crippen molar-refractivity contribution in [1.82, 2.24) is 15.1 Å². The Hall–Kier alpha value is -2.34. The van der Waals surface area contributed by atoms with Crippen molar-refractivity contribution in [3.63, 3.8) is 0 Å². The minimum Gasteiger partial charge on any atom is -0.490 e. The van der Waals surface area contributed by atoms with Gasteiger partial charge in [0.15, 0.2) is 6.10 Å². The van der Waals surface area contributed by atoms with E-state index in [0.717, 1.165) is 28.9 Å². The van der Waals surface area contributed by atoms with Gasteiger partial charge in [0.1, 0.15) is 12.4 Å². The zero-order chi connectivity index (χ0) is 17.4. The number of benzene rings is 1. The number of hydrogen-bond acceptors (Lipinski definition) is 4. The fourth-order valence-corrected chi connectivity index (χ4v) is 3.37. The summed E-state index contributed by atoms with van der Waals surface area (Å²) < 4.78 is 5.62. The molecule has 2 heterocycles. The molecule has 0 radical (unpaired) electrons. The van der Waals surface area contributed by atoms with E-state index in [0.29, 0.717) is 24.8 Å². The molecule has 2 aromatic rings. The summed E-state index contributed by atoms with van der Waals surface area (Å²) in [6.07, 6.45) is 1.96.